The first-order valence-corrected chi connectivity index (χ1v) is 7.55. The van der Waals surface area contributed by atoms with E-state index in [4.69, 9.17) is 0 Å². The van der Waals surface area contributed by atoms with Crippen molar-refractivity contribution in [3.8, 4) is 0 Å². The molecule has 0 amide bonds. The van der Waals surface area contributed by atoms with Gasteiger partial charge in [-0.05, 0) is 24.3 Å². The third-order valence-electron chi connectivity index (χ3n) is 2.58. The Kier molecular flexibility index (Phi) is 5.74. The van der Waals surface area contributed by atoms with Crippen molar-refractivity contribution < 1.29 is 4.21 Å². The first-order valence-electron chi connectivity index (χ1n) is 6.40. The minimum atomic E-state index is -1.05. The molecule has 0 aliphatic carbocycles. The zero-order chi connectivity index (χ0) is 14.0. The number of hydrogen-bond donors (Lipinski definition) is 0. The fourth-order valence-electron chi connectivity index (χ4n) is 1.61. The van der Waals surface area contributed by atoms with Crippen LogP contribution in [0.2, 0.25) is 0 Å². The second-order valence-corrected chi connectivity index (χ2v) is 5.53. The molecular weight excluding hydrogens is 264 g/mol. The van der Waals surface area contributed by atoms with Gasteiger partial charge in [0.1, 0.15) is 0 Å². The molecule has 0 saturated heterocycles. The maximum Gasteiger partial charge on any atom is 0.0849 e. The topological polar surface area (TPSA) is 17.1 Å². The summed E-state index contributed by atoms with van der Waals surface area (Å²) in [7, 11) is -1.05. The zero-order valence-electron chi connectivity index (χ0n) is 11.1. The standard InChI is InChI=1S/C12H10OS.C6H6/c13-14(11-7-3-1-4-8-11)12-9-5-2-6-10-12;1-2-4-6-5-3-1/h1-10H;1-6H. The van der Waals surface area contributed by atoms with Crippen LogP contribution in [-0.2, 0) is 10.8 Å². The average molecular weight is 280 g/mol. The number of rotatable bonds is 2. The SMILES string of the molecule is O=S(c1ccccc1)c1ccccc1.c1ccccc1. The van der Waals surface area contributed by atoms with Crippen molar-refractivity contribution in [1.29, 1.82) is 0 Å². The maximum absolute atomic E-state index is 12.0. The quantitative estimate of drug-likeness (QED) is 0.673. The lowest BCUT2D eigenvalue weighted by Crippen LogP contribution is -1.91. The van der Waals surface area contributed by atoms with E-state index in [2.05, 4.69) is 0 Å². The number of hydrogen-bond acceptors (Lipinski definition) is 1. The highest BCUT2D eigenvalue weighted by Gasteiger charge is 2.04. The second-order valence-electron chi connectivity index (χ2n) is 4.05. The van der Waals surface area contributed by atoms with Gasteiger partial charge in [0.15, 0.2) is 0 Å². The van der Waals surface area contributed by atoms with E-state index in [1.165, 1.54) is 0 Å². The fourth-order valence-corrected chi connectivity index (χ4v) is 2.69. The normalized spacial score (nSPS) is 9.65. The first-order chi connectivity index (χ1) is 9.88. The fraction of sp³-hybridized carbons (Fsp3) is 0. The van der Waals surface area contributed by atoms with Crippen molar-refractivity contribution in [2.24, 2.45) is 0 Å². The lowest BCUT2D eigenvalue weighted by atomic mass is 10.4. The molecule has 0 radical (unpaired) electrons. The summed E-state index contributed by atoms with van der Waals surface area (Å²) in [6.07, 6.45) is 0. The Morgan fingerprint density at radius 3 is 1.00 bits per heavy atom. The molecule has 0 aliphatic rings. The summed E-state index contributed by atoms with van der Waals surface area (Å²) in [4.78, 5) is 1.69. The van der Waals surface area contributed by atoms with Gasteiger partial charge >= 0.3 is 0 Å². The molecule has 0 atom stereocenters. The summed E-state index contributed by atoms with van der Waals surface area (Å²) in [5.74, 6) is 0. The van der Waals surface area contributed by atoms with E-state index >= 15 is 0 Å². The summed E-state index contributed by atoms with van der Waals surface area (Å²) in [6, 6.07) is 31.0. The van der Waals surface area contributed by atoms with Crippen LogP contribution in [0.5, 0.6) is 0 Å². The van der Waals surface area contributed by atoms with E-state index in [0.29, 0.717) is 0 Å². The molecule has 3 aromatic rings. The van der Waals surface area contributed by atoms with Gasteiger partial charge in [-0.3, -0.25) is 0 Å². The third-order valence-corrected chi connectivity index (χ3v) is 3.98. The van der Waals surface area contributed by atoms with Crippen LogP contribution in [0.1, 0.15) is 0 Å². The van der Waals surface area contributed by atoms with Gasteiger partial charge in [0.05, 0.1) is 10.8 Å². The molecule has 3 rings (SSSR count). The molecule has 2 heteroatoms. The van der Waals surface area contributed by atoms with Crippen molar-refractivity contribution in [1.82, 2.24) is 0 Å². The Balaban J connectivity index is 0.000000205. The van der Waals surface area contributed by atoms with Crippen molar-refractivity contribution in [2.45, 2.75) is 9.79 Å². The minimum absolute atomic E-state index is 0.846. The van der Waals surface area contributed by atoms with E-state index in [1.807, 2.05) is 97.1 Å². The van der Waals surface area contributed by atoms with Crippen LogP contribution in [0.15, 0.2) is 107 Å². The van der Waals surface area contributed by atoms with Crippen LogP contribution in [0, 0.1) is 0 Å². The predicted molar refractivity (Wildman–Crippen MR) is 84.0 cm³/mol. The Labute approximate surface area is 122 Å². The highest BCUT2D eigenvalue weighted by molar-refractivity contribution is 7.85. The summed E-state index contributed by atoms with van der Waals surface area (Å²) in [5.41, 5.74) is 0. The van der Waals surface area contributed by atoms with Gasteiger partial charge in [-0.25, -0.2) is 4.21 Å². The lowest BCUT2D eigenvalue weighted by molar-refractivity contribution is 0.683. The molecule has 0 saturated carbocycles. The van der Waals surface area contributed by atoms with E-state index in [1.54, 1.807) is 0 Å². The minimum Gasteiger partial charge on any atom is -0.249 e. The molecule has 0 aromatic heterocycles. The molecule has 20 heavy (non-hydrogen) atoms. The highest BCUT2D eigenvalue weighted by atomic mass is 32.2. The molecule has 0 bridgehead atoms. The molecule has 0 heterocycles. The molecule has 0 fully saturated rings. The van der Waals surface area contributed by atoms with E-state index in [-0.39, 0.29) is 0 Å². The smallest absolute Gasteiger partial charge is 0.0849 e. The van der Waals surface area contributed by atoms with Gasteiger partial charge in [-0.15, -0.1) is 0 Å². The summed E-state index contributed by atoms with van der Waals surface area (Å²) >= 11 is 0. The van der Waals surface area contributed by atoms with Crippen molar-refractivity contribution in [2.75, 3.05) is 0 Å². The summed E-state index contributed by atoms with van der Waals surface area (Å²) in [5, 5.41) is 0. The zero-order valence-corrected chi connectivity index (χ0v) is 11.9. The van der Waals surface area contributed by atoms with E-state index < -0.39 is 10.8 Å². The molecule has 0 spiro atoms. The molecular formula is C18H16OS. The largest absolute Gasteiger partial charge is 0.249 e. The Hall–Kier alpha value is -2.19. The molecule has 1 nitrogen and oxygen atoms in total. The van der Waals surface area contributed by atoms with Crippen molar-refractivity contribution >= 4 is 10.8 Å². The Bertz CT molecular complexity index is 553. The van der Waals surface area contributed by atoms with Crippen LogP contribution in [0.3, 0.4) is 0 Å². The van der Waals surface area contributed by atoms with Gasteiger partial charge in [0.2, 0.25) is 0 Å². The van der Waals surface area contributed by atoms with Gasteiger partial charge in [0.25, 0.3) is 0 Å². The lowest BCUT2D eigenvalue weighted by Gasteiger charge is -2.00. The van der Waals surface area contributed by atoms with Gasteiger partial charge < -0.3 is 0 Å². The van der Waals surface area contributed by atoms with Crippen LogP contribution in [-0.4, -0.2) is 4.21 Å². The van der Waals surface area contributed by atoms with Crippen LogP contribution in [0.4, 0.5) is 0 Å². The molecule has 3 aromatic carbocycles. The summed E-state index contributed by atoms with van der Waals surface area (Å²) in [6.45, 7) is 0. The first kappa shape index (κ1) is 14.2. The summed E-state index contributed by atoms with van der Waals surface area (Å²) < 4.78 is 12.0. The van der Waals surface area contributed by atoms with Crippen molar-refractivity contribution in [3.63, 3.8) is 0 Å². The van der Waals surface area contributed by atoms with Crippen molar-refractivity contribution in [3.05, 3.63) is 97.1 Å². The predicted octanol–water partition coefficient (Wildman–Crippen LogP) is 4.54. The monoisotopic (exact) mass is 280 g/mol. The van der Waals surface area contributed by atoms with Crippen LogP contribution >= 0.6 is 0 Å². The Morgan fingerprint density at radius 1 is 0.450 bits per heavy atom. The van der Waals surface area contributed by atoms with E-state index in [0.717, 1.165) is 9.79 Å². The van der Waals surface area contributed by atoms with Crippen LogP contribution < -0.4 is 0 Å². The maximum atomic E-state index is 12.0. The molecule has 0 aliphatic heterocycles. The van der Waals surface area contributed by atoms with Crippen LogP contribution in [0.25, 0.3) is 0 Å². The van der Waals surface area contributed by atoms with Gasteiger partial charge in [0, 0.05) is 9.79 Å². The number of benzene rings is 3. The third kappa shape index (κ3) is 4.48. The van der Waals surface area contributed by atoms with Gasteiger partial charge in [-0.2, -0.15) is 0 Å². The average Bonchev–Trinajstić information content (AvgIpc) is 2.58. The highest BCUT2D eigenvalue weighted by Crippen LogP contribution is 2.14. The molecule has 0 unspecified atom stereocenters. The second kappa shape index (κ2) is 8.08. The van der Waals surface area contributed by atoms with Gasteiger partial charge in [-0.1, -0.05) is 72.8 Å². The molecule has 0 N–H and O–H groups in total. The van der Waals surface area contributed by atoms with E-state index in [9.17, 15) is 4.21 Å². The molecule has 100 valence electrons. The Morgan fingerprint density at radius 2 is 0.700 bits per heavy atom.